The number of rotatable bonds is 5. The molecule has 6 rings (SSSR count). The van der Waals surface area contributed by atoms with E-state index in [1.54, 1.807) is 12.3 Å². The zero-order chi connectivity index (χ0) is 27.3. The van der Waals surface area contributed by atoms with Crippen molar-refractivity contribution in [3.05, 3.63) is 79.0 Å². The van der Waals surface area contributed by atoms with Gasteiger partial charge < -0.3 is 10.2 Å². The summed E-state index contributed by atoms with van der Waals surface area (Å²) < 4.78 is 41.0. The summed E-state index contributed by atoms with van der Waals surface area (Å²) in [5.74, 6) is 0. The molecule has 1 atom stereocenters. The third-order valence-electron chi connectivity index (χ3n) is 7.32. The minimum atomic E-state index is -4.58. The molecule has 39 heavy (non-hydrogen) atoms. The number of anilines is 1. The molecule has 2 aliphatic rings. The summed E-state index contributed by atoms with van der Waals surface area (Å²) in [6, 6.07) is 9.12. The fourth-order valence-corrected chi connectivity index (χ4v) is 7.03. The second kappa shape index (κ2) is 10.1. The smallest absolute Gasteiger partial charge is 0.366 e. The van der Waals surface area contributed by atoms with Crippen LogP contribution in [0.4, 0.5) is 18.9 Å². The molecule has 5 heterocycles. The number of nitrogens with one attached hydrogen (secondary N) is 1. The number of aryl methyl sites for hydroxylation is 1. The Morgan fingerprint density at radius 2 is 2.00 bits per heavy atom. The Morgan fingerprint density at radius 1 is 1.15 bits per heavy atom. The van der Waals surface area contributed by atoms with Crippen LogP contribution >= 0.6 is 22.9 Å². The lowest BCUT2D eigenvalue weighted by Crippen LogP contribution is -2.41. The first-order valence-corrected chi connectivity index (χ1v) is 13.9. The fraction of sp³-hybridized carbons (Fsp3) is 0.370. The summed E-state index contributed by atoms with van der Waals surface area (Å²) in [5.41, 5.74) is 3.36. The Labute approximate surface area is 230 Å². The second-order valence-electron chi connectivity index (χ2n) is 9.96. The Balaban J connectivity index is 1.43. The van der Waals surface area contributed by atoms with Gasteiger partial charge in [-0.3, -0.25) is 18.9 Å². The van der Waals surface area contributed by atoms with E-state index in [2.05, 4.69) is 15.2 Å². The molecule has 0 amide bonds. The van der Waals surface area contributed by atoms with Gasteiger partial charge >= 0.3 is 11.9 Å². The minimum absolute atomic E-state index is 0.148. The first-order valence-electron chi connectivity index (χ1n) is 12.7. The predicted octanol–water partition coefficient (Wildman–Crippen LogP) is 4.67. The molecule has 1 saturated heterocycles. The molecule has 12 heteroatoms. The molecule has 3 aromatic heterocycles. The predicted molar refractivity (Wildman–Crippen MR) is 147 cm³/mol. The Hall–Kier alpha value is -3.15. The summed E-state index contributed by atoms with van der Waals surface area (Å²) >= 11 is 7.97. The van der Waals surface area contributed by atoms with Gasteiger partial charge in [0.1, 0.15) is 6.54 Å². The Kier molecular flexibility index (Phi) is 6.76. The molecule has 0 aliphatic carbocycles. The highest BCUT2D eigenvalue weighted by Crippen LogP contribution is 2.44. The van der Waals surface area contributed by atoms with Crippen molar-refractivity contribution >= 4 is 38.8 Å². The molecule has 0 saturated carbocycles. The lowest BCUT2D eigenvalue weighted by Gasteiger charge is -2.38. The van der Waals surface area contributed by atoms with Crippen molar-refractivity contribution in [1.82, 2.24) is 19.4 Å². The molecule has 204 valence electrons. The highest BCUT2D eigenvalue weighted by atomic mass is 35.5. The summed E-state index contributed by atoms with van der Waals surface area (Å²) in [6.07, 6.45) is 1.07. The van der Waals surface area contributed by atoms with Gasteiger partial charge in [-0.05, 0) is 55.6 Å². The van der Waals surface area contributed by atoms with Crippen molar-refractivity contribution in [3.63, 3.8) is 0 Å². The lowest BCUT2D eigenvalue weighted by atomic mass is 9.92. The highest BCUT2D eigenvalue weighted by molar-refractivity contribution is 7.19. The molecule has 0 spiro atoms. The number of alkyl halides is 3. The molecule has 0 bridgehead atoms. The maximum Gasteiger partial charge on any atom is 0.406 e. The van der Waals surface area contributed by atoms with Gasteiger partial charge in [0.25, 0.3) is 5.56 Å². The van der Waals surface area contributed by atoms with Gasteiger partial charge in [0, 0.05) is 64.3 Å². The number of thiophene rings is 1. The average molecular weight is 576 g/mol. The van der Waals surface area contributed by atoms with Crippen molar-refractivity contribution in [2.75, 3.05) is 24.5 Å². The van der Waals surface area contributed by atoms with Crippen molar-refractivity contribution in [2.45, 2.75) is 44.6 Å². The molecule has 2 aliphatic heterocycles. The van der Waals surface area contributed by atoms with Crippen LogP contribution in [0.3, 0.4) is 0 Å². The zero-order valence-corrected chi connectivity index (χ0v) is 22.4. The van der Waals surface area contributed by atoms with Gasteiger partial charge in [-0.2, -0.15) is 13.2 Å². The van der Waals surface area contributed by atoms with Crippen LogP contribution < -0.4 is 21.5 Å². The van der Waals surface area contributed by atoms with E-state index in [4.69, 9.17) is 11.6 Å². The highest BCUT2D eigenvalue weighted by Gasteiger charge is 2.31. The normalized spacial score (nSPS) is 17.6. The maximum absolute atomic E-state index is 12.9. The monoisotopic (exact) mass is 575 g/mol. The third kappa shape index (κ3) is 5.10. The first-order chi connectivity index (χ1) is 18.7. The molecular formula is C27H25ClF3N5O2S. The SMILES string of the molecule is O=c1ccn(CC(F)(F)F)c(=O)n1Cc1cc2nccc(-c3cc(Cl)cc4c3N([C@H]3CCNC3)CCC4)c2s1. The van der Waals surface area contributed by atoms with Crippen LogP contribution in [0.25, 0.3) is 21.3 Å². The van der Waals surface area contributed by atoms with E-state index in [9.17, 15) is 22.8 Å². The number of benzene rings is 1. The van der Waals surface area contributed by atoms with E-state index >= 15 is 0 Å². The molecule has 0 unspecified atom stereocenters. The van der Waals surface area contributed by atoms with E-state index in [1.807, 2.05) is 18.2 Å². The van der Waals surface area contributed by atoms with Crippen LogP contribution in [0.2, 0.25) is 5.02 Å². The van der Waals surface area contributed by atoms with Crippen LogP contribution in [0.5, 0.6) is 0 Å². The van der Waals surface area contributed by atoms with Crippen molar-refractivity contribution in [1.29, 1.82) is 0 Å². The van der Waals surface area contributed by atoms with Crippen molar-refractivity contribution < 1.29 is 13.2 Å². The summed E-state index contributed by atoms with van der Waals surface area (Å²) in [6.45, 7) is 1.26. The fourth-order valence-electron chi connectivity index (χ4n) is 5.66. The molecule has 0 radical (unpaired) electrons. The minimum Gasteiger partial charge on any atom is -0.366 e. The molecule has 7 nitrogen and oxygen atoms in total. The van der Waals surface area contributed by atoms with E-state index in [0.717, 1.165) is 71.6 Å². The third-order valence-corrected chi connectivity index (χ3v) is 8.68. The molecule has 4 aromatic rings. The molecule has 1 N–H and O–H groups in total. The second-order valence-corrected chi connectivity index (χ2v) is 11.5. The Bertz CT molecular complexity index is 1670. The van der Waals surface area contributed by atoms with E-state index in [-0.39, 0.29) is 6.54 Å². The summed E-state index contributed by atoms with van der Waals surface area (Å²) in [4.78, 5) is 32.8. The first kappa shape index (κ1) is 26.1. The van der Waals surface area contributed by atoms with Crippen LogP contribution in [0.1, 0.15) is 23.3 Å². The van der Waals surface area contributed by atoms with Gasteiger partial charge in [-0.1, -0.05) is 11.6 Å². The number of nitrogens with zero attached hydrogens (tertiary/aromatic N) is 4. The number of aromatic nitrogens is 3. The van der Waals surface area contributed by atoms with Gasteiger partial charge in [0.05, 0.1) is 16.8 Å². The molecule has 1 aromatic carbocycles. The lowest BCUT2D eigenvalue weighted by molar-refractivity contribution is -0.141. The summed E-state index contributed by atoms with van der Waals surface area (Å²) in [7, 11) is 0. The van der Waals surface area contributed by atoms with E-state index in [0.29, 0.717) is 26.0 Å². The van der Waals surface area contributed by atoms with E-state index < -0.39 is 24.0 Å². The van der Waals surface area contributed by atoms with Crippen molar-refractivity contribution in [3.8, 4) is 11.1 Å². The topological polar surface area (TPSA) is 72.2 Å². The quantitative estimate of drug-likeness (QED) is 0.375. The van der Waals surface area contributed by atoms with Gasteiger partial charge in [0.2, 0.25) is 0 Å². The standard InChI is InChI=1S/C27H25ClF3N5O2S/c28-17-10-16-2-1-8-35(18-3-6-32-13-18)24(16)21(11-17)20-4-7-33-22-12-19(39-25(20)22)14-36-23(37)5-9-34(26(36)38)15-27(29,30)31/h4-5,7,9-12,18,32H,1-3,6,8,13-15H2/t18-/m0/s1. The van der Waals surface area contributed by atoms with Crippen molar-refractivity contribution in [2.24, 2.45) is 0 Å². The van der Waals surface area contributed by atoms with Crippen LogP contribution in [-0.4, -0.2) is 46.0 Å². The van der Waals surface area contributed by atoms with Crippen LogP contribution in [0, 0.1) is 0 Å². The van der Waals surface area contributed by atoms with E-state index in [1.165, 1.54) is 22.6 Å². The number of fused-ring (bicyclic) bond motifs is 2. The Morgan fingerprint density at radius 3 is 2.77 bits per heavy atom. The van der Waals surface area contributed by atoms with Gasteiger partial charge in [-0.25, -0.2) is 4.79 Å². The summed E-state index contributed by atoms with van der Waals surface area (Å²) in [5, 5.41) is 4.11. The van der Waals surface area contributed by atoms with Crippen LogP contribution in [0.15, 0.2) is 52.3 Å². The zero-order valence-electron chi connectivity index (χ0n) is 20.8. The number of hydrogen-bond acceptors (Lipinski definition) is 6. The number of hydrogen-bond donors (Lipinski definition) is 1. The molecule has 1 fully saturated rings. The number of pyridine rings is 1. The average Bonchev–Trinajstić information content (AvgIpc) is 3.56. The van der Waals surface area contributed by atoms with Gasteiger partial charge in [0.15, 0.2) is 0 Å². The molecular weight excluding hydrogens is 551 g/mol. The maximum atomic E-state index is 12.9. The van der Waals surface area contributed by atoms with Crippen LogP contribution in [-0.2, 0) is 19.5 Å². The largest absolute Gasteiger partial charge is 0.406 e. The number of halogens is 4. The van der Waals surface area contributed by atoms with Gasteiger partial charge in [-0.15, -0.1) is 11.3 Å².